The van der Waals surface area contributed by atoms with Crippen LogP contribution in [0.1, 0.15) is 11.1 Å². The summed E-state index contributed by atoms with van der Waals surface area (Å²) in [5.74, 6) is 0. The lowest BCUT2D eigenvalue weighted by atomic mass is 10.0. The molecule has 0 aliphatic carbocycles. The number of halogens is 1. The van der Waals surface area contributed by atoms with Gasteiger partial charge in [0.25, 0.3) is 5.56 Å². The van der Waals surface area contributed by atoms with Crippen molar-refractivity contribution in [3.05, 3.63) is 73.5 Å². The van der Waals surface area contributed by atoms with E-state index in [1.807, 2.05) is 25.1 Å². The Morgan fingerprint density at radius 1 is 1.15 bits per heavy atom. The fourth-order valence-electron chi connectivity index (χ4n) is 3.47. The topological polar surface area (TPSA) is 66.1 Å². The Hall–Kier alpha value is -2.13. The molecule has 0 N–H and O–H groups in total. The van der Waals surface area contributed by atoms with E-state index in [0.29, 0.717) is 22.9 Å². The number of ether oxygens (including phenoxy) is 1. The van der Waals surface area contributed by atoms with E-state index in [4.69, 9.17) is 16.3 Å². The first-order valence-electron chi connectivity index (χ1n) is 10.8. The monoisotopic (exact) mass is 503 g/mol. The smallest absolute Gasteiger partial charge is 0.333 e. The van der Waals surface area contributed by atoms with Crippen LogP contribution in [0.5, 0.6) is 0 Å². The van der Waals surface area contributed by atoms with Crippen molar-refractivity contribution in [3.8, 4) is 11.3 Å². The average molecular weight is 504 g/mol. The molecule has 0 aliphatic rings. The second-order valence-electron chi connectivity index (χ2n) is 9.27. The number of rotatable bonds is 8. The molecule has 2 aromatic heterocycles. The van der Waals surface area contributed by atoms with E-state index < -0.39 is 8.07 Å². The van der Waals surface area contributed by atoms with E-state index in [0.717, 1.165) is 27.1 Å². The molecule has 0 spiro atoms. The van der Waals surface area contributed by atoms with Crippen LogP contribution in [0.4, 0.5) is 0 Å². The number of aryl methyl sites for hydroxylation is 1. The van der Waals surface area contributed by atoms with Gasteiger partial charge in [0.1, 0.15) is 11.8 Å². The summed E-state index contributed by atoms with van der Waals surface area (Å²) < 4.78 is 8.39. The van der Waals surface area contributed by atoms with Gasteiger partial charge in [0.05, 0.1) is 10.7 Å². The minimum atomic E-state index is -1.25. The van der Waals surface area contributed by atoms with Gasteiger partial charge in [0, 0.05) is 43.9 Å². The highest BCUT2D eigenvalue weighted by Gasteiger charge is 2.18. The van der Waals surface area contributed by atoms with E-state index in [1.165, 1.54) is 20.9 Å². The van der Waals surface area contributed by atoms with Gasteiger partial charge in [-0.05, 0) is 49.7 Å². The third-order valence-corrected chi connectivity index (χ3v) is 8.51. The number of pyridine rings is 1. The summed E-state index contributed by atoms with van der Waals surface area (Å²) in [5.41, 5.74) is 2.22. The van der Waals surface area contributed by atoms with Gasteiger partial charge < -0.3 is 4.74 Å². The molecule has 0 radical (unpaired) electrons. The zero-order chi connectivity index (χ0) is 24.3. The molecule has 0 unspecified atom stereocenters. The van der Waals surface area contributed by atoms with Crippen molar-refractivity contribution < 1.29 is 4.74 Å². The lowest BCUT2D eigenvalue weighted by Gasteiger charge is -2.18. The highest BCUT2D eigenvalue weighted by atomic mass is 35.5. The van der Waals surface area contributed by atoms with E-state index in [9.17, 15) is 9.59 Å². The minimum absolute atomic E-state index is 0.0312. The highest BCUT2D eigenvalue weighted by molar-refractivity contribution is 7.99. The summed E-state index contributed by atoms with van der Waals surface area (Å²) in [7, 11) is 0.448. The summed E-state index contributed by atoms with van der Waals surface area (Å²) in [5, 5.41) is 1.32. The molecule has 0 atom stereocenters. The van der Waals surface area contributed by atoms with Crippen LogP contribution in [0.3, 0.4) is 0 Å². The molecule has 2 heterocycles. The summed E-state index contributed by atoms with van der Waals surface area (Å²) >= 11 is 7.70. The molecule has 0 saturated heterocycles. The molecule has 3 rings (SSSR count). The van der Waals surface area contributed by atoms with Crippen molar-refractivity contribution in [1.82, 2.24) is 14.1 Å². The van der Waals surface area contributed by atoms with Gasteiger partial charge in [-0.1, -0.05) is 49.1 Å². The number of aromatic nitrogens is 3. The van der Waals surface area contributed by atoms with Crippen LogP contribution in [0.15, 0.2) is 56.0 Å². The second-order valence-corrected chi connectivity index (χ2v) is 16.4. The van der Waals surface area contributed by atoms with Gasteiger partial charge in [-0.15, -0.1) is 0 Å². The number of benzene rings is 1. The molecule has 33 heavy (non-hydrogen) atoms. The Morgan fingerprint density at radius 2 is 1.88 bits per heavy atom. The molecule has 0 bridgehead atoms. The molecule has 176 valence electrons. The van der Waals surface area contributed by atoms with Gasteiger partial charge in [0.15, 0.2) is 0 Å². The summed E-state index contributed by atoms with van der Waals surface area (Å²) in [6.07, 6.45) is 1.71. The van der Waals surface area contributed by atoms with E-state index in [1.54, 1.807) is 32.3 Å². The summed E-state index contributed by atoms with van der Waals surface area (Å²) in [6, 6.07) is 10.5. The fraction of sp³-hybridized carbons (Fsp3) is 0.375. The third kappa shape index (κ3) is 6.06. The van der Waals surface area contributed by atoms with Crippen molar-refractivity contribution in [3.63, 3.8) is 0 Å². The van der Waals surface area contributed by atoms with E-state index >= 15 is 0 Å². The summed E-state index contributed by atoms with van der Waals surface area (Å²) in [6.45, 7) is 11.0. The molecule has 0 amide bonds. The summed E-state index contributed by atoms with van der Waals surface area (Å²) in [4.78, 5) is 31.3. The lowest BCUT2D eigenvalue weighted by Crippen LogP contribution is -2.41. The van der Waals surface area contributed by atoms with Gasteiger partial charge >= 0.3 is 5.69 Å². The molecule has 3 aromatic rings. The zero-order valence-electron chi connectivity index (χ0n) is 19.9. The van der Waals surface area contributed by atoms with Crippen LogP contribution in [-0.4, -0.2) is 28.8 Å². The highest BCUT2D eigenvalue weighted by Crippen LogP contribution is 2.34. The molecule has 0 saturated carbocycles. The predicted octanol–water partition coefficient (Wildman–Crippen LogP) is 5.34. The number of nitrogens with zero attached hydrogens (tertiary/aromatic N) is 3. The Morgan fingerprint density at radius 3 is 2.52 bits per heavy atom. The van der Waals surface area contributed by atoms with Crippen LogP contribution >= 0.6 is 23.4 Å². The Balaban J connectivity index is 1.91. The number of hydrogen-bond acceptors (Lipinski definition) is 5. The van der Waals surface area contributed by atoms with Crippen LogP contribution in [0, 0.1) is 13.8 Å². The Bertz CT molecular complexity index is 1240. The van der Waals surface area contributed by atoms with Crippen molar-refractivity contribution in [2.75, 3.05) is 6.61 Å². The zero-order valence-corrected chi connectivity index (χ0v) is 22.5. The SMILES string of the molecule is Cc1cc(Sc2ncccc2Cl)ccc1-c1c(C)c(=O)n(COCC[Si](C)(C)C)c(=O)n1C. The van der Waals surface area contributed by atoms with Crippen molar-refractivity contribution in [2.45, 2.75) is 56.2 Å². The first kappa shape index (κ1) is 25.5. The Kier molecular flexibility index (Phi) is 8.05. The molecular formula is C24H30ClN3O3SSi. The second kappa shape index (κ2) is 10.4. The van der Waals surface area contributed by atoms with E-state index in [2.05, 4.69) is 24.6 Å². The maximum atomic E-state index is 13.0. The molecule has 0 aliphatic heterocycles. The fourth-order valence-corrected chi connectivity index (χ4v) is 5.34. The normalized spacial score (nSPS) is 11.7. The van der Waals surface area contributed by atoms with Gasteiger partial charge in [0.2, 0.25) is 0 Å². The maximum absolute atomic E-state index is 13.0. The molecular weight excluding hydrogens is 474 g/mol. The largest absolute Gasteiger partial charge is 0.361 e. The first-order chi connectivity index (χ1) is 15.5. The van der Waals surface area contributed by atoms with Gasteiger partial charge in [-0.3, -0.25) is 9.36 Å². The molecule has 6 nitrogen and oxygen atoms in total. The van der Waals surface area contributed by atoms with Crippen LogP contribution in [-0.2, 0) is 18.5 Å². The van der Waals surface area contributed by atoms with Crippen LogP contribution < -0.4 is 11.2 Å². The quantitative estimate of drug-likeness (QED) is 0.306. The standard InChI is InChI=1S/C24H30ClN3O3SSi/c1-16-14-18(32-22-20(25)8-7-11-26-22)9-10-19(16)21-17(2)23(29)28(24(30)27(21)3)15-31-12-13-33(4,5)6/h7-11,14H,12-13,15H2,1-6H3. The molecule has 1 aromatic carbocycles. The average Bonchev–Trinajstić information content (AvgIpc) is 2.74. The third-order valence-electron chi connectivity index (χ3n) is 5.38. The minimum Gasteiger partial charge on any atom is -0.361 e. The number of hydrogen-bond donors (Lipinski definition) is 0. The van der Waals surface area contributed by atoms with Gasteiger partial charge in [-0.25, -0.2) is 14.3 Å². The predicted molar refractivity (Wildman–Crippen MR) is 138 cm³/mol. The lowest BCUT2D eigenvalue weighted by molar-refractivity contribution is 0.0805. The maximum Gasteiger partial charge on any atom is 0.333 e. The van der Waals surface area contributed by atoms with Crippen molar-refractivity contribution in [2.24, 2.45) is 7.05 Å². The van der Waals surface area contributed by atoms with Gasteiger partial charge in [-0.2, -0.15) is 0 Å². The van der Waals surface area contributed by atoms with Crippen molar-refractivity contribution in [1.29, 1.82) is 0 Å². The van der Waals surface area contributed by atoms with Crippen LogP contribution in [0.2, 0.25) is 30.7 Å². The van der Waals surface area contributed by atoms with Crippen LogP contribution in [0.25, 0.3) is 11.3 Å². The van der Waals surface area contributed by atoms with E-state index in [-0.39, 0.29) is 18.0 Å². The Labute approximate surface area is 204 Å². The first-order valence-corrected chi connectivity index (χ1v) is 15.7. The molecule has 9 heteroatoms. The van der Waals surface area contributed by atoms with Crippen molar-refractivity contribution >= 4 is 31.4 Å². The molecule has 0 fully saturated rings.